The van der Waals surface area contributed by atoms with E-state index >= 15 is 0 Å². The smallest absolute Gasteiger partial charge is 0.374 e. The highest BCUT2D eigenvalue weighted by atomic mass is 19.4. The summed E-state index contributed by atoms with van der Waals surface area (Å²) in [6.07, 6.45) is -4.57. The van der Waals surface area contributed by atoms with Crippen LogP contribution >= 0.6 is 0 Å². The number of carbonyl (C=O) groups is 1. The first-order valence-corrected chi connectivity index (χ1v) is 10.8. The summed E-state index contributed by atoms with van der Waals surface area (Å²) in [5.41, 5.74) is -1.53. The number of alkyl halides is 3. The normalized spacial score (nSPS) is 26.2. The molecule has 2 aromatic rings. The highest BCUT2D eigenvalue weighted by Gasteiger charge is 2.51. The van der Waals surface area contributed by atoms with Crippen LogP contribution in [0.15, 0.2) is 29.1 Å². The lowest BCUT2D eigenvalue weighted by atomic mass is 10.0. The Hall–Kier alpha value is -3.02. The van der Waals surface area contributed by atoms with E-state index in [1.807, 2.05) is 11.8 Å². The van der Waals surface area contributed by atoms with Crippen molar-refractivity contribution in [1.29, 1.82) is 0 Å². The molecule has 7 nitrogen and oxygen atoms in total. The van der Waals surface area contributed by atoms with E-state index in [9.17, 15) is 31.5 Å². The predicted molar refractivity (Wildman–Crippen MR) is 111 cm³/mol. The molecule has 0 radical (unpaired) electrons. The minimum absolute atomic E-state index is 0.0624. The Labute approximate surface area is 190 Å². The standard InChI is InChI=1S/C22H21F5N4O3/c1-21-8-13(34-11-21)9-31(21)18-7-19(33)29-5-4-17(22(25,26)27)30(20(29)28-18)10-16(32)14-3-2-12(23)6-15(14)24/h2-3,6-7,13,17H,4-5,8-11H2,1H3/t13-,17-,21+/m0/s1. The molecule has 34 heavy (non-hydrogen) atoms. The Morgan fingerprint density at radius 1 is 1.26 bits per heavy atom. The molecule has 5 rings (SSSR count). The number of carbonyl (C=O) groups excluding carboxylic acids is 1. The molecule has 0 amide bonds. The van der Waals surface area contributed by atoms with Crippen LogP contribution in [0, 0.1) is 11.6 Å². The summed E-state index contributed by atoms with van der Waals surface area (Å²) >= 11 is 0. The van der Waals surface area contributed by atoms with Crippen LogP contribution in [0.1, 0.15) is 30.1 Å². The highest BCUT2D eigenvalue weighted by Crippen LogP contribution is 2.41. The van der Waals surface area contributed by atoms with Crippen LogP contribution < -0.4 is 15.4 Å². The molecule has 0 aliphatic carbocycles. The van der Waals surface area contributed by atoms with E-state index in [-0.39, 0.29) is 24.4 Å². The van der Waals surface area contributed by atoms with Crippen molar-refractivity contribution in [2.24, 2.45) is 0 Å². The molecule has 0 N–H and O–H groups in total. The van der Waals surface area contributed by atoms with Gasteiger partial charge in [-0.2, -0.15) is 18.2 Å². The Morgan fingerprint density at radius 3 is 2.65 bits per heavy atom. The van der Waals surface area contributed by atoms with Gasteiger partial charge in [0.1, 0.15) is 23.5 Å². The first-order valence-electron chi connectivity index (χ1n) is 10.8. The van der Waals surface area contributed by atoms with Crippen LogP contribution in [0.25, 0.3) is 0 Å². The third-order valence-corrected chi connectivity index (χ3v) is 6.77. The molecule has 3 aliphatic heterocycles. The van der Waals surface area contributed by atoms with E-state index in [2.05, 4.69) is 4.98 Å². The van der Waals surface area contributed by atoms with Gasteiger partial charge in [0.15, 0.2) is 5.78 Å². The zero-order valence-electron chi connectivity index (χ0n) is 18.1. The molecule has 1 aromatic carbocycles. The summed E-state index contributed by atoms with van der Waals surface area (Å²) < 4.78 is 75.9. The molecule has 2 bridgehead atoms. The van der Waals surface area contributed by atoms with Crippen LogP contribution in [0.2, 0.25) is 0 Å². The van der Waals surface area contributed by atoms with Crippen LogP contribution in [0.4, 0.5) is 33.7 Å². The molecular weight excluding hydrogens is 463 g/mol. The number of hydrogen-bond acceptors (Lipinski definition) is 6. The molecular formula is C22H21F5N4O3. The molecule has 2 saturated heterocycles. The van der Waals surface area contributed by atoms with Gasteiger partial charge >= 0.3 is 6.18 Å². The second kappa shape index (κ2) is 7.76. The topological polar surface area (TPSA) is 67.7 Å². The van der Waals surface area contributed by atoms with Crippen LogP contribution in [-0.4, -0.2) is 58.9 Å². The molecule has 1 aromatic heterocycles. The van der Waals surface area contributed by atoms with Crippen LogP contribution in [0.5, 0.6) is 0 Å². The first kappa shape index (κ1) is 22.8. The highest BCUT2D eigenvalue weighted by molar-refractivity contribution is 5.99. The zero-order valence-corrected chi connectivity index (χ0v) is 18.1. The van der Waals surface area contributed by atoms with Crippen molar-refractivity contribution >= 4 is 17.5 Å². The van der Waals surface area contributed by atoms with Gasteiger partial charge in [0.2, 0.25) is 5.95 Å². The van der Waals surface area contributed by atoms with Gasteiger partial charge in [0.05, 0.1) is 30.4 Å². The quantitative estimate of drug-likeness (QED) is 0.491. The van der Waals surface area contributed by atoms with Gasteiger partial charge in [-0.15, -0.1) is 0 Å². The van der Waals surface area contributed by atoms with Gasteiger partial charge in [-0.25, -0.2) is 8.78 Å². The number of morpholine rings is 1. The summed E-state index contributed by atoms with van der Waals surface area (Å²) in [4.78, 5) is 32.6. The van der Waals surface area contributed by atoms with Crippen molar-refractivity contribution in [1.82, 2.24) is 9.55 Å². The lowest BCUT2D eigenvalue weighted by molar-refractivity contribution is -0.152. The summed E-state index contributed by atoms with van der Waals surface area (Å²) in [6, 6.07) is 1.41. The fourth-order valence-electron chi connectivity index (χ4n) is 5.08. The van der Waals surface area contributed by atoms with Gasteiger partial charge in [0, 0.05) is 31.6 Å². The number of ketones is 1. The minimum atomic E-state index is -4.73. The number of benzene rings is 1. The third kappa shape index (κ3) is 3.73. The molecule has 3 atom stereocenters. The molecule has 0 saturated carbocycles. The van der Waals surface area contributed by atoms with E-state index in [0.29, 0.717) is 30.5 Å². The number of ether oxygens (including phenoxy) is 1. The molecule has 4 heterocycles. The van der Waals surface area contributed by atoms with E-state index in [0.717, 1.165) is 16.7 Å². The average molecular weight is 484 g/mol. The van der Waals surface area contributed by atoms with E-state index in [1.165, 1.54) is 6.07 Å². The molecule has 182 valence electrons. The maximum absolute atomic E-state index is 14.2. The van der Waals surface area contributed by atoms with Crippen molar-refractivity contribution in [2.45, 2.75) is 50.2 Å². The number of Topliss-reactive ketones (excluding diaryl/α,β-unsaturated/α-hetero) is 1. The SMILES string of the molecule is C[C@@]12CO[C@H](CN1c1cc(=O)n3c(n1)N(CC(=O)c1ccc(F)cc1F)[C@H](C(F)(F)F)CC3)C2. The summed E-state index contributed by atoms with van der Waals surface area (Å²) in [5, 5.41) is 0. The largest absolute Gasteiger partial charge is 0.408 e. The van der Waals surface area contributed by atoms with Crippen LogP contribution in [-0.2, 0) is 11.3 Å². The van der Waals surface area contributed by atoms with E-state index in [1.54, 1.807) is 0 Å². The van der Waals surface area contributed by atoms with Crippen molar-refractivity contribution < 1.29 is 31.5 Å². The monoisotopic (exact) mass is 484 g/mol. The van der Waals surface area contributed by atoms with Crippen molar-refractivity contribution in [3.05, 3.63) is 51.8 Å². The summed E-state index contributed by atoms with van der Waals surface area (Å²) in [6.45, 7) is 1.65. The Morgan fingerprint density at radius 2 is 2.03 bits per heavy atom. The Kier molecular flexibility index (Phi) is 5.19. The number of rotatable bonds is 4. The zero-order chi connectivity index (χ0) is 24.4. The predicted octanol–water partition coefficient (Wildman–Crippen LogP) is 2.91. The van der Waals surface area contributed by atoms with Gasteiger partial charge in [-0.1, -0.05) is 0 Å². The van der Waals surface area contributed by atoms with Gasteiger partial charge in [-0.3, -0.25) is 14.2 Å². The van der Waals surface area contributed by atoms with Gasteiger partial charge in [-0.05, 0) is 25.5 Å². The lowest BCUT2D eigenvalue weighted by Gasteiger charge is -2.40. The lowest BCUT2D eigenvalue weighted by Crippen LogP contribution is -2.54. The van der Waals surface area contributed by atoms with Gasteiger partial charge < -0.3 is 14.5 Å². The maximum atomic E-state index is 14.2. The fourth-order valence-corrected chi connectivity index (χ4v) is 5.08. The second-order valence-corrected chi connectivity index (χ2v) is 9.17. The molecule has 2 fully saturated rings. The number of nitrogens with zero attached hydrogens (tertiary/aromatic N) is 4. The van der Waals surface area contributed by atoms with E-state index < -0.39 is 59.3 Å². The molecule has 0 unspecified atom stereocenters. The molecule has 0 spiro atoms. The number of aromatic nitrogens is 2. The van der Waals surface area contributed by atoms with Crippen LogP contribution in [0.3, 0.4) is 0 Å². The van der Waals surface area contributed by atoms with Crippen molar-refractivity contribution in [2.75, 3.05) is 29.5 Å². The Bertz CT molecular complexity index is 1220. The molecule has 3 aliphatic rings. The van der Waals surface area contributed by atoms with E-state index in [4.69, 9.17) is 4.74 Å². The third-order valence-electron chi connectivity index (χ3n) is 6.77. The number of hydrogen-bond donors (Lipinski definition) is 0. The van der Waals surface area contributed by atoms with Gasteiger partial charge in [0.25, 0.3) is 5.56 Å². The number of fused-ring (bicyclic) bond motifs is 3. The second-order valence-electron chi connectivity index (χ2n) is 9.17. The number of halogens is 5. The van der Waals surface area contributed by atoms with Crippen molar-refractivity contribution in [3.63, 3.8) is 0 Å². The molecule has 12 heteroatoms. The summed E-state index contributed by atoms with van der Waals surface area (Å²) in [5.74, 6) is -3.18. The van der Waals surface area contributed by atoms with Crippen molar-refractivity contribution in [3.8, 4) is 0 Å². The Balaban J connectivity index is 1.56. The summed E-state index contributed by atoms with van der Waals surface area (Å²) in [7, 11) is 0. The average Bonchev–Trinajstić information content (AvgIpc) is 3.28. The first-order chi connectivity index (χ1) is 16.0. The number of anilines is 2. The minimum Gasteiger partial charge on any atom is -0.374 e. The fraction of sp³-hybridized carbons (Fsp3) is 0.500. The maximum Gasteiger partial charge on any atom is 0.408 e.